The van der Waals surface area contributed by atoms with Crippen LogP contribution in [0.25, 0.3) is 0 Å². The van der Waals surface area contributed by atoms with Crippen LogP contribution >= 0.6 is 7.82 Å². The number of esters is 1. The van der Waals surface area contributed by atoms with Crippen molar-refractivity contribution in [2.24, 2.45) is 10.2 Å². The lowest BCUT2D eigenvalue weighted by atomic mass is 10.1. The lowest BCUT2D eigenvalue weighted by Crippen LogP contribution is -2.25. The van der Waals surface area contributed by atoms with Gasteiger partial charge in [0.25, 0.3) is 0 Å². The van der Waals surface area contributed by atoms with Gasteiger partial charge in [-0.2, -0.15) is 10.2 Å². The highest BCUT2D eigenvalue weighted by molar-refractivity contribution is 7.47. The Kier molecular flexibility index (Phi) is 14.4. The van der Waals surface area contributed by atoms with Gasteiger partial charge in [0.2, 0.25) is 0 Å². The van der Waals surface area contributed by atoms with E-state index >= 15 is 0 Å². The predicted octanol–water partition coefficient (Wildman–Crippen LogP) is 5.30. The number of nitrogens with zero attached hydrogens (tertiary/aromatic N) is 2. The summed E-state index contributed by atoms with van der Waals surface area (Å²) in [5, 5.41) is 16.9. The topological polar surface area (TPSA) is 127 Å². The molecule has 0 aliphatic carbocycles. The first-order chi connectivity index (χ1) is 14.8. The molecular weight excluding hydrogens is 423 g/mol. The van der Waals surface area contributed by atoms with Crippen molar-refractivity contribution < 1.29 is 33.1 Å². The molecule has 0 saturated carbocycles. The van der Waals surface area contributed by atoms with E-state index in [0.29, 0.717) is 6.42 Å². The monoisotopic (exact) mass is 464 g/mol. The molecule has 2 N–H and O–H groups in total. The van der Waals surface area contributed by atoms with Crippen molar-refractivity contribution in [1.29, 1.82) is 0 Å². The Morgan fingerprint density at radius 3 is 2.06 bits per heavy atom. The number of carbonyl (C=O) groups is 1. The number of phosphoric acid groups is 1. The second kappa shape index (κ2) is 15.9. The standard InChI is InChI=1S/C21H41N2O7P/c1-3-4-5-6-7-8-9-10-11-12-13-14-20(25)28-18-19(17-24)30-31(26,27)29-16-15-21(2)22-23-21/h19,24H,3-18H2,1-2H3,(H,26,27)/t19-/m0/s1. The van der Waals surface area contributed by atoms with Gasteiger partial charge in [0.1, 0.15) is 12.7 Å². The summed E-state index contributed by atoms with van der Waals surface area (Å²) in [6.07, 6.45) is 12.7. The number of rotatable bonds is 21. The molecular formula is C21H41N2O7P. The average Bonchev–Trinajstić information content (AvgIpc) is 3.46. The molecule has 0 radical (unpaired) electrons. The van der Waals surface area contributed by atoms with Crippen molar-refractivity contribution in [3.05, 3.63) is 0 Å². The number of aliphatic hydroxyl groups excluding tert-OH is 1. The minimum atomic E-state index is -4.37. The van der Waals surface area contributed by atoms with Crippen LogP contribution in [0.5, 0.6) is 0 Å². The van der Waals surface area contributed by atoms with Crippen LogP contribution in [0.15, 0.2) is 10.2 Å². The summed E-state index contributed by atoms with van der Waals surface area (Å²) in [4.78, 5) is 21.5. The Morgan fingerprint density at radius 2 is 1.55 bits per heavy atom. The summed E-state index contributed by atoms with van der Waals surface area (Å²) in [5.74, 6) is -0.406. The first-order valence-corrected chi connectivity index (χ1v) is 13.2. The normalized spacial score (nSPS) is 17.3. The molecule has 0 aromatic rings. The summed E-state index contributed by atoms with van der Waals surface area (Å²) in [7, 11) is -4.37. The van der Waals surface area contributed by atoms with Gasteiger partial charge in [-0.3, -0.25) is 13.8 Å². The fourth-order valence-electron chi connectivity index (χ4n) is 3.07. The lowest BCUT2D eigenvalue weighted by molar-refractivity contribution is -0.147. The van der Waals surface area contributed by atoms with Gasteiger partial charge in [-0.25, -0.2) is 4.57 Å². The first kappa shape index (κ1) is 28.2. The maximum absolute atomic E-state index is 11.9. The Morgan fingerprint density at radius 1 is 1.00 bits per heavy atom. The largest absolute Gasteiger partial charge is 0.472 e. The predicted molar refractivity (Wildman–Crippen MR) is 118 cm³/mol. The fraction of sp³-hybridized carbons (Fsp3) is 0.952. The van der Waals surface area contributed by atoms with Crippen LogP contribution in [0.2, 0.25) is 0 Å². The highest BCUT2D eigenvalue weighted by atomic mass is 31.2. The van der Waals surface area contributed by atoms with Crippen LogP contribution in [0.1, 0.15) is 97.3 Å². The number of carbonyl (C=O) groups excluding carboxylic acids is 1. The minimum absolute atomic E-state index is 0.0614. The number of hydrogen-bond donors (Lipinski definition) is 2. The Balaban J connectivity index is 2.01. The second-order valence-corrected chi connectivity index (χ2v) is 9.75. The van der Waals surface area contributed by atoms with Gasteiger partial charge in [0.15, 0.2) is 5.66 Å². The van der Waals surface area contributed by atoms with E-state index in [9.17, 15) is 19.4 Å². The minimum Gasteiger partial charge on any atom is -0.463 e. The fourth-order valence-corrected chi connectivity index (χ4v) is 3.95. The number of hydrogen-bond acceptors (Lipinski definition) is 8. The first-order valence-electron chi connectivity index (χ1n) is 11.7. The molecule has 9 nitrogen and oxygen atoms in total. The zero-order valence-corrected chi connectivity index (χ0v) is 20.1. The Labute approximate surface area is 186 Å². The van der Waals surface area contributed by atoms with E-state index in [-0.39, 0.29) is 19.6 Å². The van der Waals surface area contributed by atoms with Gasteiger partial charge in [-0.1, -0.05) is 71.1 Å². The maximum Gasteiger partial charge on any atom is 0.472 e. The smallest absolute Gasteiger partial charge is 0.463 e. The maximum atomic E-state index is 11.9. The molecule has 0 amide bonds. The molecule has 10 heteroatoms. The molecule has 31 heavy (non-hydrogen) atoms. The van der Waals surface area contributed by atoms with E-state index in [2.05, 4.69) is 17.2 Å². The van der Waals surface area contributed by atoms with E-state index in [4.69, 9.17) is 13.8 Å². The summed E-state index contributed by atoms with van der Waals surface area (Å²) < 4.78 is 26.7. The highest BCUT2D eigenvalue weighted by Gasteiger charge is 2.35. The van der Waals surface area contributed by atoms with Crippen molar-refractivity contribution in [1.82, 2.24) is 0 Å². The van der Waals surface area contributed by atoms with Gasteiger partial charge in [0.05, 0.1) is 13.2 Å². The molecule has 0 aromatic carbocycles. The van der Waals surface area contributed by atoms with Crippen LogP contribution in [-0.2, 0) is 23.1 Å². The van der Waals surface area contributed by atoms with Gasteiger partial charge >= 0.3 is 13.8 Å². The molecule has 1 rings (SSSR count). The van der Waals surface area contributed by atoms with E-state index in [1.807, 2.05) is 0 Å². The third-order valence-corrected chi connectivity index (χ3v) is 6.25. The van der Waals surface area contributed by atoms with E-state index < -0.39 is 32.2 Å². The highest BCUT2D eigenvalue weighted by Crippen LogP contribution is 2.45. The number of unbranched alkanes of at least 4 members (excludes halogenated alkanes) is 10. The number of ether oxygens (including phenoxy) is 1. The average molecular weight is 465 g/mol. The van der Waals surface area contributed by atoms with Gasteiger partial charge in [0, 0.05) is 12.8 Å². The molecule has 1 aliphatic heterocycles. The molecule has 1 unspecified atom stereocenters. The lowest BCUT2D eigenvalue weighted by Gasteiger charge is -2.19. The molecule has 0 fully saturated rings. The number of phosphoric ester groups is 1. The van der Waals surface area contributed by atoms with Crippen LogP contribution in [-0.4, -0.2) is 47.6 Å². The van der Waals surface area contributed by atoms with Gasteiger partial charge in [-0.05, 0) is 13.3 Å². The van der Waals surface area contributed by atoms with Crippen LogP contribution in [0, 0.1) is 0 Å². The van der Waals surface area contributed by atoms with Crippen LogP contribution in [0.4, 0.5) is 0 Å². The SMILES string of the molecule is CCCCCCCCCCCCCC(=O)OC[C@H](CO)OP(=O)(O)OCCC1(C)N=N1. The summed E-state index contributed by atoms with van der Waals surface area (Å²) in [5.41, 5.74) is -0.542. The molecule has 0 spiro atoms. The molecule has 2 atom stereocenters. The molecule has 0 saturated heterocycles. The molecule has 1 heterocycles. The van der Waals surface area contributed by atoms with E-state index in [1.165, 1.54) is 51.4 Å². The molecule has 1 aliphatic rings. The van der Waals surface area contributed by atoms with Crippen molar-refractivity contribution in [2.45, 2.75) is 109 Å². The zero-order valence-electron chi connectivity index (χ0n) is 19.2. The van der Waals surface area contributed by atoms with Crippen molar-refractivity contribution >= 4 is 13.8 Å². The number of aliphatic hydroxyl groups is 1. The summed E-state index contributed by atoms with van der Waals surface area (Å²) >= 11 is 0. The van der Waals surface area contributed by atoms with Crippen molar-refractivity contribution in [3.8, 4) is 0 Å². The van der Waals surface area contributed by atoms with Gasteiger partial charge < -0.3 is 14.7 Å². The Bertz CT molecular complexity index is 568. The summed E-state index contributed by atoms with van der Waals surface area (Å²) in [6.45, 7) is 3.06. The molecule has 0 bridgehead atoms. The van der Waals surface area contributed by atoms with E-state index in [1.54, 1.807) is 6.92 Å². The van der Waals surface area contributed by atoms with Crippen LogP contribution < -0.4 is 0 Å². The van der Waals surface area contributed by atoms with Gasteiger partial charge in [-0.15, -0.1) is 0 Å². The quantitative estimate of drug-likeness (QED) is 0.134. The molecule has 182 valence electrons. The third-order valence-electron chi connectivity index (χ3n) is 5.17. The second-order valence-electron chi connectivity index (χ2n) is 8.35. The van der Waals surface area contributed by atoms with Crippen LogP contribution in [0.3, 0.4) is 0 Å². The Hall–Kier alpha value is -0.860. The van der Waals surface area contributed by atoms with Crippen molar-refractivity contribution in [3.63, 3.8) is 0 Å². The van der Waals surface area contributed by atoms with Crippen molar-refractivity contribution in [2.75, 3.05) is 19.8 Å². The third kappa shape index (κ3) is 15.6. The van der Waals surface area contributed by atoms with E-state index in [0.717, 1.165) is 19.3 Å². The summed E-state index contributed by atoms with van der Waals surface area (Å²) in [6, 6.07) is 0. The zero-order chi connectivity index (χ0) is 23.0. The molecule has 0 aromatic heterocycles.